The Hall–Kier alpha value is -5.82. The molecule has 2 amide bonds. The van der Waals surface area contributed by atoms with Crippen LogP contribution in [0.1, 0.15) is 22.3 Å². The van der Waals surface area contributed by atoms with Gasteiger partial charge in [-0.05, 0) is 81.9 Å². The summed E-state index contributed by atoms with van der Waals surface area (Å²) in [6, 6.07) is 38.9. The normalized spacial score (nSPS) is 24.3. The molecular formula is C41H30FNO5. The first kappa shape index (κ1) is 29.6. The predicted molar refractivity (Wildman–Crippen MR) is 180 cm³/mol. The molecule has 1 heterocycles. The van der Waals surface area contributed by atoms with E-state index in [9.17, 15) is 14.0 Å². The zero-order valence-electron chi connectivity index (χ0n) is 26.2. The fourth-order valence-corrected chi connectivity index (χ4v) is 8.48. The molecule has 0 N–H and O–H groups in total. The van der Waals surface area contributed by atoms with E-state index >= 15 is 4.79 Å². The Balaban J connectivity index is 1.54. The first-order valence-corrected chi connectivity index (χ1v) is 15.7. The number of ketones is 1. The summed E-state index contributed by atoms with van der Waals surface area (Å²) in [7, 11) is 3.18. The average Bonchev–Trinajstić information content (AvgIpc) is 3.65. The Morgan fingerprint density at radius 2 is 0.938 bits per heavy atom. The van der Waals surface area contributed by atoms with E-state index in [0.717, 1.165) is 16.0 Å². The van der Waals surface area contributed by atoms with Gasteiger partial charge in [-0.25, -0.2) is 9.29 Å². The first-order valence-electron chi connectivity index (χ1n) is 15.7. The Kier molecular flexibility index (Phi) is 6.70. The van der Waals surface area contributed by atoms with Crippen LogP contribution in [0.3, 0.4) is 0 Å². The summed E-state index contributed by atoms with van der Waals surface area (Å²) in [4.78, 5) is 47.1. The quantitative estimate of drug-likeness (QED) is 0.180. The maximum Gasteiger partial charge on any atom is 0.239 e. The van der Waals surface area contributed by atoms with Crippen molar-refractivity contribution >= 4 is 34.4 Å². The molecule has 0 aromatic heterocycles. The molecule has 2 fully saturated rings. The van der Waals surface area contributed by atoms with Gasteiger partial charge in [-0.3, -0.25) is 14.4 Å². The highest BCUT2D eigenvalue weighted by Gasteiger charge is 2.82. The second-order valence-corrected chi connectivity index (χ2v) is 12.3. The number of amides is 2. The van der Waals surface area contributed by atoms with Gasteiger partial charge in [-0.15, -0.1) is 0 Å². The first-order chi connectivity index (χ1) is 23.4. The average molecular weight is 636 g/mol. The number of anilines is 1. The Morgan fingerprint density at radius 3 is 1.31 bits per heavy atom. The van der Waals surface area contributed by atoms with E-state index in [1.807, 2.05) is 109 Å². The number of methoxy groups -OCH3 is 2. The maximum atomic E-state index is 16.0. The Morgan fingerprint density at radius 1 is 0.542 bits per heavy atom. The van der Waals surface area contributed by atoms with Crippen molar-refractivity contribution in [3.05, 3.63) is 162 Å². The second kappa shape index (κ2) is 10.9. The van der Waals surface area contributed by atoms with E-state index in [2.05, 4.69) is 0 Å². The van der Waals surface area contributed by atoms with E-state index in [0.29, 0.717) is 33.8 Å². The molecule has 6 nitrogen and oxygen atoms in total. The minimum absolute atomic E-state index is 0.223. The second-order valence-electron chi connectivity index (χ2n) is 12.3. The molecular weight excluding hydrogens is 605 g/mol. The fraction of sp³-hybridized carbons (Fsp3) is 0.146. The zero-order valence-corrected chi connectivity index (χ0v) is 26.2. The lowest BCUT2D eigenvalue weighted by Crippen LogP contribution is -2.45. The van der Waals surface area contributed by atoms with E-state index in [-0.39, 0.29) is 11.5 Å². The molecule has 7 heteroatoms. The maximum absolute atomic E-state index is 16.0. The number of allylic oxidation sites excluding steroid dienone is 2. The summed E-state index contributed by atoms with van der Waals surface area (Å²) < 4.78 is 25.1. The van der Waals surface area contributed by atoms with E-state index in [4.69, 9.17) is 9.47 Å². The van der Waals surface area contributed by atoms with E-state index in [1.54, 1.807) is 14.2 Å². The highest BCUT2D eigenvalue weighted by Crippen LogP contribution is 2.74. The number of rotatable bonds is 7. The lowest BCUT2D eigenvalue weighted by Gasteiger charge is -2.39. The van der Waals surface area contributed by atoms with Gasteiger partial charge >= 0.3 is 0 Å². The summed E-state index contributed by atoms with van der Waals surface area (Å²) in [5, 5.41) is 0. The monoisotopic (exact) mass is 635 g/mol. The standard InChI is InChI=1S/C41H30FNO5/c1-47-31-21-13-25(14-22-31)33-34(26-15-23-32(48-2)24-16-26)41(28-11-7-4-8-12-28)36-35(40(33,39(41)46)27-9-5-3-6-10-27)37(44)43(38(36)45)30-19-17-29(42)18-20-30/h3-24,35-36H,1-2H3/t35-,36-,40-,41+/m1/s1. The van der Waals surface area contributed by atoms with Crippen molar-refractivity contribution in [2.45, 2.75) is 10.8 Å². The van der Waals surface area contributed by atoms with Gasteiger partial charge in [0.05, 0.1) is 42.6 Å². The number of fused-ring (bicyclic) bond motifs is 5. The van der Waals surface area contributed by atoms with Crippen LogP contribution in [0.4, 0.5) is 10.1 Å². The van der Waals surface area contributed by atoms with Gasteiger partial charge in [0.2, 0.25) is 11.8 Å². The third-order valence-electron chi connectivity index (χ3n) is 10.3. The molecule has 8 rings (SSSR count). The highest BCUT2D eigenvalue weighted by molar-refractivity contribution is 6.39. The number of carbonyl (C=O) groups excluding carboxylic acids is 3. The molecule has 0 spiro atoms. The number of nitrogens with zero attached hydrogens (tertiary/aromatic N) is 1. The lowest BCUT2D eigenvalue weighted by atomic mass is 9.59. The molecule has 1 saturated heterocycles. The number of carbonyl (C=O) groups is 3. The number of ether oxygens (including phenoxy) is 2. The topological polar surface area (TPSA) is 72.9 Å². The van der Waals surface area contributed by atoms with Gasteiger partial charge in [-0.1, -0.05) is 84.9 Å². The van der Waals surface area contributed by atoms with Crippen molar-refractivity contribution in [2.75, 3.05) is 19.1 Å². The molecule has 5 aromatic carbocycles. The summed E-state index contributed by atoms with van der Waals surface area (Å²) >= 11 is 0. The predicted octanol–water partition coefficient (Wildman–Crippen LogP) is 7.03. The molecule has 4 atom stereocenters. The van der Waals surface area contributed by atoms with Crippen molar-refractivity contribution in [2.24, 2.45) is 11.8 Å². The van der Waals surface area contributed by atoms with Crippen LogP contribution in [0.25, 0.3) is 11.1 Å². The van der Waals surface area contributed by atoms with Gasteiger partial charge in [0.15, 0.2) is 5.78 Å². The molecule has 5 aromatic rings. The largest absolute Gasteiger partial charge is 0.497 e. The third kappa shape index (κ3) is 3.75. The van der Waals surface area contributed by atoms with Crippen LogP contribution in [0.15, 0.2) is 133 Å². The minimum Gasteiger partial charge on any atom is -0.497 e. The smallest absolute Gasteiger partial charge is 0.239 e. The van der Waals surface area contributed by atoms with Crippen LogP contribution in [0, 0.1) is 17.7 Å². The molecule has 1 aliphatic heterocycles. The van der Waals surface area contributed by atoms with Crippen molar-refractivity contribution < 1.29 is 28.2 Å². The number of halogens is 1. The van der Waals surface area contributed by atoms with Crippen molar-refractivity contribution in [1.29, 1.82) is 0 Å². The Bertz CT molecular complexity index is 1980. The van der Waals surface area contributed by atoms with Crippen LogP contribution in [0.5, 0.6) is 11.5 Å². The van der Waals surface area contributed by atoms with E-state index in [1.165, 1.54) is 24.3 Å². The number of benzene rings is 5. The molecule has 48 heavy (non-hydrogen) atoms. The molecule has 236 valence electrons. The SMILES string of the molecule is COc1ccc(C2=C(c3ccc(OC)cc3)[C@@]3(c4ccccc4)C(=O)[C@]2(c2ccccc2)[C@H]2C(=O)N(c4ccc(F)cc4)C(=O)[C@@H]23)cc1. The van der Waals surface area contributed by atoms with Crippen molar-refractivity contribution in [3.63, 3.8) is 0 Å². The molecule has 2 bridgehead atoms. The zero-order chi connectivity index (χ0) is 33.2. The summed E-state index contributed by atoms with van der Waals surface area (Å²) in [5.74, 6) is -2.58. The summed E-state index contributed by atoms with van der Waals surface area (Å²) in [6.45, 7) is 0. The number of hydrogen-bond acceptors (Lipinski definition) is 5. The summed E-state index contributed by atoms with van der Waals surface area (Å²) in [6.07, 6.45) is 0. The highest BCUT2D eigenvalue weighted by atomic mass is 19.1. The summed E-state index contributed by atoms with van der Waals surface area (Å²) in [5.41, 5.74) is 1.21. The minimum atomic E-state index is -1.55. The van der Waals surface area contributed by atoms with E-state index < -0.39 is 40.3 Å². The molecule has 3 aliphatic rings. The van der Waals surface area contributed by atoms with Gasteiger partial charge in [0.1, 0.15) is 17.3 Å². The van der Waals surface area contributed by atoms with Crippen LogP contribution >= 0.6 is 0 Å². The number of imide groups is 1. The number of Topliss-reactive ketones (excluding diaryl/α,β-unsaturated/α-hetero) is 1. The van der Waals surface area contributed by atoms with Gasteiger partial charge in [-0.2, -0.15) is 0 Å². The third-order valence-corrected chi connectivity index (χ3v) is 10.3. The van der Waals surface area contributed by atoms with Crippen LogP contribution in [0.2, 0.25) is 0 Å². The van der Waals surface area contributed by atoms with Gasteiger partial charge in [0.25, 0.3) is 0 Å². The fourth-order valence-electron chi connectivity index (χ4n) is 8.48. The van der Waals surface area contributed by atoms with Crippen molar-refractivity contribution in [3.8, 4) is 11.5 Å². The number of hydrogen-bond donors (Lipinski definition) is 0. The van der Waals surface area contributed by atoms with Crippen LogP contribution in [-0.2, 0) is 25.2 Å². The van der Waals surface area contributed by atoms with Crippen molar-refractivity contribution in [1.82, 2.24) is 0 Å². The van der Waals surface area contributed by atoms with Crippen LogP contribution < -0.4 is 14.4 Å². The molecule has 0 unspecified atom stereocenters. The molecule has 1 saturated carbocycles. The van der Waals surface area contributed by atoms with Crippen LogP contribution in [-0.4, -0.2) is 31.8 Å². The lowest BCUT2D eigenvalue weighted by molar-refractivity contribution is -0.130. The van der Waals surface area contributed by atoms with Gasteiger partial charge in [0, 0.05) is 0 Å². The molecule has 2 aliphatic carbocycles. The van der Waals surface area contributed by atoms with Gasteiger partial charge < -0.3 is 9.47 Å². The molecule has 0 radical (unpaired) electrons. The Labute approximate surface area is 277 Å².